The van der Waals surface area contributed by atoms with Gasteiger partial charge in [0, 0.05) is 0 Å². The van der Waals surface area contributed by atoms with E-state index in [4.69, 9.17) is 0 Å². The number of aliphatic carboxylic acids is 2. The molecule has 9 aromatic rings. The first-order valence-corrected chi connectivity index (χ1v) is 38.3. The maximum absolute atomic E-state index is 11.4. The number of carboxylic acids is 2. The Morgan fingerprint density at radius 1 is 0.314 bits per heavy atom. The zero-order chi connectivity index (χ0) is 49.2. The minimum absolute atomic E-state index is 0.193. The summed E-state index contributed by atoms with van der Waals surface area (Å²) in [6, 6.07) is 90.4. The van der Waals surface area contributed by atoms with E-state index in [9.17, 15) is 19.8 Å². The first-order valence-electron chi connectivity index (χ1n) is 23.9. The summed E-state index contributed by atoms with van der Waals surface area (Å²) < 4.78 is 12.5. The second-order valence-corrected chi connectivity index (χ2v) is 43.2. The van der Waals surface area contributed by atoms with Gasteiger partial charge in [0.05, 0.1) is 0 Å². The molecule has 0 saturated carbocycles. The van der Waals surface area contributed by atoms with Crippen LogP contribution in [0.2, 0.25) is 10.5 Å². The zero-order valence-electron chi connectivity index (χ0n) is 40.2. The summed E-state index contributed by atoms with van der Waals surface area (Å²) >= 11 is -8.21. The van der Waals surface area contributed by atoms with Crippen molar-refractivity contribution in [1.29, 1.82) is 0 Å². The van der Waals surface area contributed by atoms with Crippen LogP contribution in [-0.2, 0) is 9.59 Å². The van der Waals surface area contributed by atoms with E-state index in [1.807, 2.05) is 36.4 Å². The molecule has 0 radical (unpaired) electrons. The van der Waals surface area contributed by atoms with Crippen molar-refractivity contribution < 1.29 is 19.8 Å². The first-order chi connectivity index (χ1) is 34.1. The molecule has 0 saturated heterocycles. The van der Waals surface area contributed by atoms with Crippen molar-refractivity contribution in [3.63, 3.8) is 0 Å². The van der Waals surface area contributed by atoms with Crippen LogP contribution in [0, 0.1) is 20.8 Å². The molecule has 4 nitrogen and oxygen atoms in total. The fourth-order valence-electron chi connectivity index (χ4n) is 9.32. The van der Waals surface area contributed by atoms with Gasteiger partial charge in [-0.1, -0.05) is 0 Å². The Morgan fingerprint density at radius 3 is 0.671 bits per heavy atom. The summed E-state index contributed by atoms with van der Waals surface area (Å²) in [7, 11) is 0. The number of benzene rings is 9. The molecule has 0 aliphatic carbocycles. The Balaban J connectivity index is 0.000000155. The van der Waals surface area contributed by atoms with E-state index in [-0.39, 0.29) is 12.8 Å². The molecule has 2 N–H and O–H groups in total. The summed E-state index contributed by atoms with van der Waals surface area (Å²) in [6.45, 7) is 6.47. The predicted octanol–water partition coefficient (Wildman–Crippen LogP) is 8.39. The standard InChI is InChI=1S/2C21H20GeO2.3C7H7.Bi/c2*23-21(24)16-17-22(18-10-4-1-5-11-18,19-12-6-2-7-13-19)20-14-8-3-9-15-20;3*1-7-5-3-2-4-6-7;/h2*1-15H,16-17H2,(H,23,24);3*3-6H,1H3;. The third-order valence-corrected chi connectivity index (χ3v) is 43.2. The second kappa shape index (κ2) is 25.7. The molecule has 0 heterocycles. The molecule has 0 aliphatic rings. The molecule has 9 aromatic carbocycles. The number of carboxylic acid groups (broad SMARTS) is 2. The molecule has 350 valence electrons. The molecule has 0 spiro atoms. The molecule has 0 aromatic heterocycles. The number of carbonyl (C=O) groups is 2. The van der Waals surface area contributed by atoms with Gasteiger partial charge >= 0.3 is 432 Å². The quantitative estimate of drug-likeness (QED) is 0.101. The van der Waals surface area contributed by atoms with E-state index in [2.05, 4.69) is 239 Å². The van der Waals surface area contributed by atoms with Gasteiger partial charge in [-0.2, -0.15) is 0 Å². The van der Waals surface area contributed by atoms with Crippen LogP contribution in [0.1, 0.15) is 29.5 Å². The van der Waals surface area contributed by atoms with Crippen LogP contribution in [0.5, 0.6) is 0 Å². The first kappa shape index (κ1) is 51.7. The summed E-state index contributed by atoms with van der Waals surface area (Å²) in [4.78, 5) is 22.7. The molecular weight excluding hydrogens is 1170 g/mol. The molecular formula is C63H61BiGe2O4. The Morgan fingerprint density at radius 2 is 0.500 bits per heavy atom. The van der Waals surface area contributed by atoms with Crippen LogP contribution in [0.3, 0.4) is 0 Å². The fourth-order valence-corrected chi connectivity index (χ4v) is 37.9. The van der Waals surface area contributed by atoms with Crippen LogP contribution < -0.4 is 36.2 Å². The van der Waals surface area contributed by atoms with Crippen LogP contribution in [0.25, 0.3) is 0 Å². The number of aryl methyl sites for hydroxylation is 3. The molecule has 0 unspecified atom stereocenters. The van der Waals surface area contributed by atoms with Crippen molar-refractivity contribution in [1.82, 2.24) is 0 Å². The molecule has 0 amide bonds. The Kier molecular flexibility index (Phi) is 19.0. The van der Waals surface area contributed by atoms with E-state index >= 15 is 0 Å². The van der Waals surface area contributed by atoms with Crippen LogP contribution in [-0.4, -0.2) is 70.4 Å². The molecule has 7 heteroatoms. The van der Waals surface area contributed by atoms with E-state index in [1.54, 1.807) is 9.81 Å². The van der Waals surface area contributed by atoms with Gasteiger partial charge in [0.2, 0.25) is 0 Å². The number of rotatable bonds is 15. The van der Waals surface area contributed by atoms with Gasteiger partial charge in [-0.3, -0.25) is 0 Å². The maximum atomic E-state index is 11.4. The third-order valence-electron chi connectivity index (χ3n) is 12.9. The van der Waals surface area contributed by atoms with E-state index < -0.39 is 60.2 Å². The summed E-state index contributed by atoms with van der Waals surface area (Å²) in [5.41, 5.74) is 4.00. The average Bonchev–Trinajstić information content (AvgIpc) is 3.41. The minimum atomic E-state index is -3.03. The van der Waals surface area contributed by atoms with Crippen molar-refractivity contribution in [2.45, 2.75) is 44.1 Å². The van der Waals surface area contributed by atoms with Crippen LogP contribution >= 0.6 is 0 Å². The summed E-state index contributed by atoms with van der Waals surface area (Å²) in [5.74, 6) is -1.46. The van der Waals surface area contributed by atoms with Gasteiger partial charge in [-0.25, -0.2) is 0 Å². The predicted molar refractivity (Wildman–Crippen MR) is 300 cm³/mol. The van der Waals surface area contributed by atoms with Crippen molar-refractivity contribution in [2.75, 3.05) is 0 Å². The van der Waals surface area contributed by atoms with Crippen LogP contribution in [0.15, 0.2) is 255 Å². The molecule has 70 heavy (non-hydrogen) atoms. The SMILES string of the molecule is Cc1cc[c]([Bi]([c]2ccc(C)cc2)[c]2ccc(C)cc2)cc1.O=C(O)C[CH2][Ge]([c]1ccccc1)([c]1ccccc1)[c]1ccccc1.O=C(O)C[CH2][Ge]([c]1ccccc1)([c]1ccccc1)[c]1ccccc1. The van der Waals surface area contributed by atoms with Crippen molar-refractivity contribution in [3.8, 4) is 0 Å². The monoisotopic (exact) mass is 1240 g/mol. The van der Waals surface area contributed by atoms with E-state index in [0.717, 1.165) is 0 Å². The Bertz CT molecular complexity index is 2530. The Labute approximate surface area is 428 Å². The second-order valence-electron chi connectivity index (χ2n) is 17.6. The van der Waals surface area contributed by atoms with Crippen LogP contribution in [0.4, 0.5) is 0 Å². The summed E-state index contributed by atoms with van der Waals surface area (Å²) in [5, 5.41) is 20.1. The van der Waals surface area contributed by atoms with Gasteiger partial charge in [0.15, 0.2) is 0 Å². The zero-order valence-corrected chi connectivity index (χ0v) is 47.9. The molecule has 0 aliphatic heterocycles. The normalized spacial score (nSPS) is 11.1. The van der Waals surface area contributed by atoms with Crippen molar-refractivity contribution in [2.24, 2.45) is 0 Å². The van der Waals surface area contributed by atoms with Gasteiger partial charge in [0.25, 0.3) is 0 Å². The average molecular weight is 1240 g/mol. The van der Waals surface area contributed by atoms with Crippen molar-refractivity contribution >= 4 is 96.4 Å². The van der Waals surface area contributed by atoms with E-state index in [1.165, 1.54) is 43.1 Å². The molecule has 0 bridgehead atoms. The topological polar surface area (TPSA) is 74.6 Å². The molecule has 0 atom stereocenters. The van der Waals surface area contributed by atoms with Gasteiger partial charge in [-0.15, -0.1) is 0 Å². The Hall–Kier alpha value is -6.11. The number of hydrogen-bond donors (Lipinski definition) is 2. The van der Waals surface area contributed by atoms with Gasteiger partial charge in [-0.05, 0) is 0 Å². The number of hydrogen-bond acceptors (Lipinski definition) is 2. The van der Waals surface area contributed by atoms with Gasteiger partial charge in [0.1, 0.15) is 0 Å². The third kappa shape index (κ3) is 13.2. The molecule has 9 rings (SSSR count). The molecule has 0 fully saturated rings. The summed E-state index contributed by atoms with van der Waals surface area (Å²) in [6.07, 6.45) is 0.386. The van der Waals surface area contributed by atoms with E-state index in [0.29, 0.717) is 10.5 Å². The fraction of sp³-hybridized carbons (Fsp3) is 0.111. The van der Waals surface area contributed by atoms with Gasteiger partial charge < -0.3 is 0 Å². The van der Waals surface area contributed by atoms with Crippen molar-refractivity contribution in [3.05, 3.63) is 271 Å².